The zero-order valence-corrected chi connectivity index (χ0v) is 11.4. The molecule has 0 fully saturated rings. The van der Waals surface area contributed by atoms with Gasteiger partial charge in [0, 0.05) is 19.0 Å². The topological polar surface area (TPSA) is 39.1 Å². The molecule has 0 unspecified atom stereocenters. The molecule has 0 radical (unpaired) electrons. The van der Waals surface area contributed by atoms with Gasteiger partial charge in [-0.15, -0.1) is 0 Å². The first-order chi connectivity index (χ1) is 9.85. The highest BCUT2D eigenvalue weighted by Gasteiger charge is 2.00. The predicted octanol–water partition coefficient (Wildman–Crippen LogP) is 3.43. The molecule has 1 N–H and O–H groups in total. The number of fused-ring (bicyclic) bond motifs is 1. The smallest absolute Gasteiger partial charge is 0.0770 e. The summed E-state index contributed by atoms with van der Waals surface area (Å²) in [6.07, 6.45) is 3.80. The summed E-state index contributed by atoms with van der Waals surface area (Å²) >= 11 is 0. The zero-order valence-electron chi connectivity index (χ0n) is 11.4. The van der Waals surface area contributed by atoms with Crippen molar-refractivity contribution in [3.63, 3.8) is 0 Å². The minimum atomic E-state index is 0.664. The van der Waals surface area contributed by atoms with E-state index in [0.717, 1.165) is 17.9 Å². The van der Waals surface area contributed by atoms with Crippen LogP contribution in [-0.2, 0) is 11.3 Å². The number of ether oxygens (including phenoxy) is 1. The summed E-state index contributed by atoms with van der Waals surface area (Å²) < 4.78 is 6.91. The van der Waals surface area contributed by atoms with Gasteiger partial charge in [0.15, 0.2) is 0 Å². The number of hydrogen-bond acceptors (Lipinski definition) is 3. The van der Waals surface area contributed by atoms with Gasteiger partial charge in [0.1, 0.15) is 0 Å². The first-order valence-electron chi connectivity index (χ1n) is 6.62. The zero-order chi connectivity index (χ0) is 13.8. The van der Waals surface area contributed by atoms with E-state index in [-0.39, 0.29) is 0 Å². The van der Waals surface area contributed by atoms with Crippen molar-refractivity contribution >= 4 is 22.1 Å². The lowest BCUT2D eigenvalue weighted by molar-refractivity contribution is 0.183. The molecule has 0 bridgehead atoms. The van der Waals surface area contributed by atoms with Crippen LogP contribution in [0.3, 0.4) is 0 Å². The van der Waals surface area contributed by atoms with Crippen molar-refractivity contribution in [2.45, 2.75) is 6.54 Å². The van der Waals surface area contributed by atoms with E-state index in [4.69, 9.17) is 4.74 Å². The normalized spacial score (nSPS) is 10.8. The van der Waals surface area contributed by atoms with Crippen LogP contribution >= 0.6 is 0 Å². The minimum absolute atomic E-state index is 0.664. The minimum Gasteiger partial charge on any atom is -0.383 e. The van der Waals surface area contributed by atoms with Gasteiger partial charge in [-0.3, -0.25) is 4.68 Å². The van der Waals surface area contributed by atoms with Gasteiger partial charge in [-0.1, -0.05) is 30.3 Å². The first kappa shape index (κ1) is 12.7. The van der Waals surface area contributed by atoms with Crippen LogP contribution in [0, 0.1) is 0 Å². The van der Waals surface area contributed by atoms with Gasteiger partial charge in [0.25, 0.3) is 0 Å². The van der Waals surface area contributed by atoms with Crippen molar-refractivity contribution in [1.82, 2.24) is 9.78 Å². The number of anilines is 2. The Kier molecular flexibility index (Phi) is 3.65. The van der Waals surface area contributed by atoms with E-state index < -0.39 is 0 Å². The van der Waals surface area contributed by atoms with Crippen molar-refractivity contribution < 1.29 is 4.74 Å². The van der Waals surface area contributed by atoms with Gasteiger partial charge < -0.3 is 10.1 Å². The van der Waals surface area contributed by atoms with Crippen molar-refractivity contribution in [2.75, 3.05) is 19.0 Å². The standard InChI is InChI=1S/C16H17N3O/c1-20-9-8-19-12-16(11-17-19)18-15-7-6-13-4-2-3-5-14(13)10-15/h2-7,10-12,18H,8-9H2,1H3. The summed E-state index contributed by atoms with van der Waals surface area (Å²) in [5.74, 6) is 0. The van der Waals surface area contributed by atoms with E-state index >= 15 is 0 Å². The van der Waals surface area contributed by atoms with E-state index in [1.54, 1.807) is 7.11 Å². The molecule has 1 aromatic heterocycles. The van der Waals surface area contributed by atoms with Gasteiger partial charge in [0.2, 0.25) is 0 Å². The van der Waals surface area contributed by atoms with Crippen LogP contribution in [-0.4, -0.2) is 23.5 Å². The number of methoxy groups -OCH3 is 1. The maximum atomic E-state index is 5.04. The van der Waals surface area contributed by atoms with Crippen LogP contribution in [0.5, 0.6) is 0 Å². The van der Waals surface area contributed by atoms with Crippen LogP contribution < -0.4 is 5.32 Å². The molecular weight excluding hydrogens is 250 g/mol. The Morgan fingerprint density at radius 1 is 1.10 bits per heavy atom. The number of hydrogen-bond donors (Lipinski definition) is 1. The number of rotatable bonds is 5. The quantitative estimate of drug-likeness (QED) is 0.769. The molecule has 0 aliphatic rings. The Bertz CT molecular complexity index is 706. The number of benzene rings is 2. The SMILES string of the molecule is COCCn1cc(Nc2ccc3ccccc3c2)cn1. The van der Waals surface area contributed by atoms with Crippen LogP contribution in [0.15, 0.2) is 54.9 Å². The van der Waals surface area contributed by atoms with Crippen LogP contribution in [0.4, 0.5) is 11.4 Å². The van der Waals surface area contributed by atoms with Gasteiger partial charge in [-0.05, 0) is 22.9 Å². The predicted molar refractivity (Wildman–Crippen MR) is 81.3 cm³/mol. The third kappa shape index (κ3) is 2.81. The second-order valence-corrected chi connectivity index (χ2v) is 4.67. The third-order valence-electron chi connectivity index (χ3n) is 3.20. The molecule has 0 saturated carbocycles. The number of nitrogens with one attached hydrogen (secondary N) is 1. The van der Waals surface area contributed by atoms with E-state index in [9.17, 15) is 0 Å². The molecule has 1 heterocycles. The first-order valence-corrected chi connectivity index (χ1v) is 6.62. The maximum absolute atomic E-state index is 5.04. The lowest BCUT2D eigenvalue weighted by Crippen LogP contribution is -2.03. The van der Waals surface area contributed by atoms with Crippen molar-refractivity contribution in [1.29, 1.82) is 0 Å². The molecule has 102 valence electrons. The Hall–Kier alpha value is -2.33. The van der Waals surface area contributed by atoms with E-state index in [1.165, 1.54) is 10.8 Å². The average Bonchev–Trinajstić information content (AvgIpc) is 2.92. The highest BCUT2D eigenvalue weighted by Crippen LogP contribution is 2.21. The van der Waals surface area contributed by atoms with Gasteiger partial charge in [-0.25, -0.2) is 0 Å². The summed E-state index contributed by atoms with van der Waals surface area (Å²) in [6.45, 7) is 1.42. The number of aromatic nitrogens is 2. The van der Waals surface area contributed by atoms with E-state index in [1.807, 2.05) is 17.1 Å². The molecule has 0 spiro atoms. The Balaban J connectivity index is 1.76. The van der Waals surface area contributed by atoms with Gasteiger partial charge in [0.05, 0.1) is 25.0 Å². The fraction of sp³-hybridized carbons (Fsp3) is 0.188. The van der Waals surface area contributed by atoms with Crippen LogP contribution in [0.25, 0.3) is 10.8 Å². The second-order valence-electron chi connectivity index (χ2n) is 4.67. The van der Waals surface area contributed by atoms with Crippen molar-refractivity contribution in [3.05, 3.63) is 54.9 Å². The van der Waals surface area contributed by atoms with E-state index in [0.29, 0.717) is 6.61 Å². The largest absolute Gasteiger partial charge is 0.383 e. The molecular formula is C16H17N3O. The molecule has 4 heteroatoms. The highest BCUT2D eigenvalue weighted by atomic mass is 16.5. The average molecular weight is 267 g/mol. The molecule has 20 heavy (non-hydrogen) atoms. The molecule has 2 aromatic carbocycles. The summed E-state index contributed by atoms with van der Waals surface area (Å²) in [6, 6.07) is 14.7. The van der Waals surface area contributed by atoms with Crippen LogP contribution in [0.2, 0.25) is 0 Å². The maximum Gasteiger partial charge on any atom is 0.0770 e. The van der Waals surface area contributed by atoms with Crippen molar-refractivity contribution in [2.24, 2.45) is 0 Å². The molecule has 0 saturated heterocycles. The second kappa shape index (κ2) is 5.75. The molecule has 0 amide bonds. The van der Waals surface area contributed by atoms with Gasteiger partial charge >= 0.3 is 0 Å². The fourth-order valence-electron chi connectivity index (χ4n) is 2.17. The summed E-state index contributed by atoms with van der Waals surface area (Å²) in [7, 11) is 1.69. The molecule has 3 aromatic rings. The summed E-state index contributed by atoms with van der Waals surface area (Å²) in [5.41, 5.74) is 2.05. The lowest BCUT2D eigenvalue weighted by atomic mass is 10.1. The fourth-order valence-corrected chi connectivity index (χ4v) is 2.17. The Labute approximate surface area is 118 Å². The van der Waals surface area contributed by atoms with Gasteiger partial charge in [-0.2, -0.15) is 5.10 Å². The summed E-state index contributed by atoms with van der Waals surface area (Å²) in [4.78, 5) is 0. The Morgan fingerprint density at radius 2 is 1.95 bits per heavy atom. The van der Waals surface area contributed by atoms with E-state index in [2.05, 4.69) is 52.9 Å². The third-order valence-corrected chi connectivity index (χ3v) is 3.20. The molecule has 4 nitrogen and oxygen atoms in total. The Morgan fingerprint density at radius 3 is 2.80 bits per heavy atom. The van der Waals surface area contributed by atoms with Crippen molar-refractivity contribution in [3.8, 4) is 0 Å². The number of nitrogens with zero attached hydrogens (tertiary/aromatic N) is 2. The molecule has 3 rings (SSSR count). The summed E-state index contributed by atoms with van der Waals surface area (Å²) in [5, 5.41) is 10.1. The molecule has 0 atom stereocenters. The molecule has 0 aliphatic heterocycles. The monoisotopic (exact) mass is 267 g/mol. The highest BCUT2D eigenvalue weighted by molar-refractivity contribution is 5.86. The van der Waals surface area contributed by atoms with Crippen LogP contribution in [0.1, 0.15) is 0 Å². The lowest BCUT2D eigenvalue weighted by Gasteiger charge is -2.05. The molecule has 0 aliphatic carbocycles.